The molecule has 4 nitrogen and oxygen atoms in total. The van der Waals surface area contributed by atoms with Gasteiger partial charge in [-0.2, -0.15) is 0 Å². The lowest BCUT2D eigenvalue weighted by Gasteiger charge is -2.40. The quantitative estimate of drug-likeness (QED) is 0.763. The summed E-state index contributed by atoms with van der Waals surface area (Å²) in [4.78, 5) is 5.30. The van der Waals surface area contributed by atoms with Gasteiger partial charge in [0, 0.05) is 27.2 Å². The van der Waals surface area contributed by atoms with Crippen molar-refractivity contribution in [3.8, 4) is 0 Å². The third-order valence-corrected chi connectivity index (χ3v) is 3.57. The van der Waals surface area contributed by atoms with E-state index in [1.807, 2.05) is 19.0 Å². The number of ether oxygens (including phenoxy) is 1. The first kappa shape index (κ1) is 14.8. The fourth-order valence-corrected chi connectivity index (χ4v) is 2.74. The molecule has 0 radical (unpaired) electrons. The highest BCUT2D eigenvalue weighted by molar-refractivity contribution is 7.82. The van der Waals surface area contributed by atoms with E-state index in [1.54, 1.807) is 0 Å². The van der Waals surface area contributed by atoms with Gasteiger partial charge in [0.05, 0.1) is 17.2 Å². The maximum atomic E-state index is 5.83. The Bertz CT molecular complexity index is 299. The normalized spacial score (nSPS) is 27.5. The summed E-state index contributed by atoms with van der Waals surface area (Å²) < 4.78 is 5.70. The molecule has 1 fully saturated rings. The van der Waals surface area contributed by atoms with Gasteiger partial charge in [0.2, 0.25) is 0 Å². The van der Waals surface area contributed by atoms with Crippen molar-refractivity contribution in [2.75, 3.05) is 27.2 Å². The second-order valence-corrected chi connectivity index (χ2v) is 5.64. The summed E-state index contributed by atoms with van der Waals surface area (Å²) in [5.74, 6) is 0. The monoisotopic (exact) mass is 275 g/mol. The lowest BCUT2D eigenvalue weighted by atomic mass is 10.1. The average Bonchev–Trinajstić information content (AvgIpc) is 2.15. The lowest BCUT2D eigenvalue weighted by Crippen LogP contribution is -2.58. The Morgan fingerprint density at radius 1 is 1.29 bits per heavy atom. The minimum absolute atomic E-state index is 0.149. The number of likely N-dealkylation sites (N-methyl/N-ethyl adjacent to an activating group) is 1. The van der Waals surface area contributed by atoms with Gasteiger partial charge in [0.1, 0.15) is 11.0 Å². The van der Waals surface area contributed by atoms with Crippen molar-refractivity contribution >= 4 is 34.4 Å². The van der Waals surface area contributed by atoms with Crippen LogP contribution in [0.1, 0.15) is 13.8 Å². The molecule has 1 aliphatic rings. The maximum Gasteiger partial charge on any atom is 0.111 e. The van der Waals surface area contributed by atoms with Gasteiger partial charge in [-0.15, -0.1) is 0 Å². The molecule has 6 heteroatoms. The molecule has 0 spiro atoms. The summed E-state index contributed by atoms with van der Waals surface area (Å²) in [5, 5.41) is 0. The minimum Gasteiger partial charge on any atom is -0.392 e. The van der Waals surface area contributed by atoms with E-state index in [0.29, 0.717) is 4.99 Å². The van der Waals surface area contributed by atoms with Crippen LogP contribution in [-0.4, -0.2) is 65.2 Å². The number of rotatable bonds is 3. The summed E-state index contributed by atoms with van der Waals surface area (Å²) in [6, 6.07) is -0.149. The summed E-state index contributed by atoms with van der Waals surface area (Å²) in [7, 11) is 3.84. The molecule has 1 rings (SSSR count). The first-order chi connectivity index (χ1) is 7.82. The number of nitrogens with two attached hydrogens (primary N) is 1. The van der Waals surface area contributed by atoms with E-state index in [1.165, 1.54) is 0 Å². The van der Waals surface area contributed by atoms with E-state index in [-0.39, 0.29) is 18.2 Å². The molecular weight excluding hydrogens is 254 g/mol. The van der Waals surface area contributed by atoms with Crippen LogP contribution in [0.15, 0.2) is 0 Å². The number of nitrogens with zero attached hydrogens (tertiary/aromatic N) is 2. The van der Waals surface area contributed by atoms with Crippen molar-refractivity contribution in [3.63, 3.8) is 0 Å². The van der Waals surface area contributed by atoms with Crippen LogP contribution in [0.5, 0.6) is 0 Å². The largest absolute Gasteiger partial charge is 0.392 e. The van der Waals surface area contributed by atoms with Crippen molar-refractivity contribution in [3.05, 3.63) is 0 Å². The molecule has 0 saturated carbocycles. The molecule has 17 heavy (non-hydrogen) atoms. The average molecular weight is 275 g/mol. The zero-order valence-corrected chi connectivity index (χ0v) is 12.5. The first-order valence-electron chi connectivity index (χ1n) is 5.73. The molecule has 0 amide bonds. The van der Waals surface area contributed by atoms with Crippen LogP contribution in [0, 0.1) is 0 Å². The van der Waals surface area contributed by atoms with Gasteiger partial charge in [-0.1, -0.05) is 24.4 Å². The molecule has 3 atom stereocenters. The van der Waals surface area contributed by atoms with Crippen molar-refractivity contribution in [1.29, 1.82) is 0 Å². The Morgan fingerprint density at radius 3 is 2.12 bits per heavy atom. The van der Waals surface area contributed by atoms with Gasteiger partial charge in [0.15, 0.2) is 0 Å². The summed E-state index contributed by atoms with van der Waals surface area (Å²) >= 11 is 10.6. The Balaban J connectivity index is 2.83. The Labute approximate surface area is 114 Å². The summed E-state index contributed by atoms with van der Waals surface area (Å²) in [6.45, 7) is 5.72. The molecule has 98 valence electrons. The minimum atomic E-state index is -0.149. The topological polar surface area (TPSA) is 41.7 Å². The number of thiocarbonyl (C=S) groups is 2. The lowest BCUT2D eigenvalue weighted by molar-refractivity contribution is -0.0682. The van der Waals surface area contributed by atoms with Crippen LogP contribution >= 0.6 is 24.4 Å². The molecule has 0 aromatic carbocycles. The van der Waals surface area contributed by atoms with E-state index in [0.717, 1.165) is 18.1 Å². The van der Waals surface area contributed by atoms with E-state index in [9.17, 15) is 0 Å². The van der Waals surface area contributed by atoms with Crippen molar-refractivity contribution < 1.29 is 4.74 Å². The molecule has 0 bridgehead atoms. The molecule has 0 aromatic rings. The predicted octanol–water partition coefficient (Wildman–Crippen LogP) is 0.639. The van der Waals surface area contributed by atoms with Gasteiger partial charge < -0.3 is 15.4 Å². The van der Waals surface area contributed by atoms with E-state index in [2.05, 4.69) is 18.7 Å². The van der Waals surface area contributed by atoms with Crippen LogP contribution in [0.4, 0.5) is 0 Å². The zero-order valence-electron chi connectivity index (χ0n) is 10.8. The zero-order chi connectivity index (χ0) is 13.2. The van der Waals surface area contributed by atoms with E-state index < -0.39 is 0 Å². The fraction of sp³-hybridized carbons (Fsp3) is 0.818. The fourth-order valence-electron chi connectivity index (χ4n) is 2.13. The highest BCUT2D eigenvalue weighted by Crippen LogP contribution is 2.15. The number of hydrogen-bond donors (Lipinski definition) is 1. The predicted molar refractivity (Wildman–Crippen MR) is 78.4 cm³/mol. The molecular formula is C11H21N3OS2. The van der Waals surface area contributed by atoms with Crippen LogP contribution in [0.3, 0.4) is 0 Å². The molecule has 0 aliphatic carbocycles. The van der Waals surface area contributed by atoms with Crippen LogP contribution in [-0.2, 0) is 4.74 Å². The summed E-state index contributed by atoms with van der Waals surface area (Å²) in [6.07, 6.45) is 0.362. The second kappa shape index (κ2) is 6.04. The number of hydrogen-bond acceptors (Lipinski definition) is 4. The van der Waals surface area contributed by atoms with Crippen molar-refractivity contribution in [2.45, 2.75) is 32.1 Å². The number of morpholine rings is 1. The van der Waals surface area contributed by atoms with Gasteiger partial charge in [-0.05, 0) is 13.8 Å². The maximum absolute atomic E-state index is 5.83. The third kappa shape index (κ3) is 3.84. The van der Waals surface area contributed by atoms with Crippen LogP contribution < -0.4 is 5.73 Å². The molecule has 1 saturated heterocycles. The van der Waals surface area contributed by atoms with Crippen molar-refractivity contribution in [1.82, 2.24) is 9.80 Å². The van der Waals surface area contributed by atoms with Crippen molar-refractivity contribution in [2.24, 2.45) is 5.73 Å². The van der Waals surface area contributed by atoms with E-state index in [4.69, 9.17) is 34.9 Å². The molecule has 0 aromatic heterocycles. The molecule has 1 aliphatic heterocycles. The smallest absolute Gasteiger partial charge is 0.111 e. The Hall–Kier alpha value is -0.300. The SMILES string of the molecule is CC1CN(C(C(N)=S)C(=S)N(C)C)CC(C)O1. The standard InChI is InChI=1S/C11H21N3OS2/c1-7-5-14(6-8(2)15-7)9(10(12)16)11(17)13(3)4/h7-9H,5-6H2,1-4H3,(H2,12,16). The molecule has 2 N–H and O–H groups in total. The summed E-state index contributed by atoms with van der Waals surface area (Å²) in [5.41, 5.74) is 5.83. The van der Waals surface area contributed by atoms with E-state index >= 15 is 0 Å². The highest BCUT2D eigenvalue weighted by atomic mass is 32.1. The van der Waals surface area contributed by atoms with Gasteiger partial charge >= 0.3 is 0 Å². The van der Waals surface area contributed by atoms with Crippen LogP contribution in [0.25, 0.3) is 0 Å². The molecule has 1 heterocycles. The molecule has 3 unspecified atom stereocenters. The second-order valence-electron chi connectivity index (χ2n) is 4.75. The van der Waals surface area contributed by atoms with Gasteiger partial charge in [-0.3, -0.25) is 4.90 Å². The third-order valence-electron chi connectivity index (χ3n) is 2.76. The van der Waals surface area contributed by atoms with Crippen LogP contribution in [0.2, 0.25) is 0 Å². The Morgan fingerprint density at radius 2 is 1.76 bits per heavy atom. The van der Waals surface area contributed by atoms with Gasteiger partial charge in [0.25, 0.3) is 0 Å². The van der Waals surface area contributed by atoms with Gasteiger partial charge in [-0.25, -0.2) is 0 Å². The first-order valence-corrected chi connectivity index (χ1v) is 6.54. The Kier molecular flexibility index (Phi) is 5.24. The highest BCUT2D eigenvalue weighted by Gasteiger charge is 2.32.